The summed E-state index contributed by atoms with van der Waals surface area (Å²) in [6, 6.07) is 16.9. The Balaban J connectivity index is 1.54. The molecule has 4 rings (SSSR count). The summed E-state index contributed by atoms with van der Waals surface area (Å²) >= 11 is 0. The van der Waals surface area contributed by atoms with Gasteiger partial charge in [0.2, 0.25) is 0 Å². The molecule has 0 atom stereocenters. The maximum Gasteiger partial charge on any atom is 0.416 e. The van der Waals surface area contributed by atoms with Gasteiger partial charge in [0.25, 0.3) is 5.91 Å². The van der Waals surface area contributed by atoms with Gasteiger partial charge in [0.15, 0.2) is 0 Å². The second kappa shape index (κ2) is 8.10. The van der Waals surface area contributed by atoms with Gasteiger partial charge in [-0.05, 0) is 54.1 Å². The molecular formula is C22H17F3N4O2. The predicted octanol–water partition coefficient (Wildman–Crippen LogP) is 4.76. The summed E-state index contributed by atoms with van der Waals surface area (Å²) < 4.78 is 45.5. The fraction of sp³-hybridized carbons (Fsp3) is 0.136. The first kappa shape index (κ1) is 20.4. The number of fused-ring (bicyclic) bond motifs is 1. The number of nitrogens with one attached hydrogen (secondary N) is 1. The Labute approximate surface area is 175 Å². The number of hydrogen-bond donors (Lipinski definition) is 1. The monoisotopic (exact) mass is 426 g/mol. The lowest BCUT2D eigenvalue weighted by molar-refractivity contribution is -0.137. The molecular weight excluding hydrogens is 409 g/mol. The minimum absolute atomic E-state index is 0.0570. The molecule has 3 aromatic carbocycles. The molecule has 0 aliphatic carbocycles. The average Bonchev–Trinajstić information content (AvgIpc) is 3.15. The molecule has 1 aromatic heterocycles. The molecule has 1 amide bonds. The van der Waals surface area contributed by atoms with Crippen molar-refractivity contribution in [1.29, 1.82) is 0 Å². The Morgan fingerprint density at radius 2 is 1.87 bits per heavy atom. The highest BCUT2D eigenvalue weighted by Gasteiger charge is 2.30. The number of rotatable bonds is 5. The van der Waals surface area contributed by atoms with Crippen LogP contribution in [-0.4, -0.2) is 28.0 Å². The molecule has 158 valence electrons. The summed E-state index contributed by atoms with van der Waals surface area (Å²) in [7, 11) is 1.59. The van der Waals surface area contributed by atoms with Crippen LogP contribution in [0.15, 0.2) is 66.7 Å². The Kier molecular flexibility index (Phi) is 5.33. The van der Waals surface area contributed by atoms with E-state index in [0.717, 1.165) is 29.0 Å². The van der Waals surface area contributed by atoms with Gasteiger partial charge < -0.3 is 10.1 Å². The number of hydrogen-bond acceptors (Lipinski definition) is 4. The van der Waals surface area contributed by atoms with Crippen LogP contribution in [-0.2, 0) is 12.7 Å². The number of amides is 1. The molecule has 0 unspecified atom stereocenters. The maximum absolute atomic E-state index is 12.9. The van der Waals surface area contributed by atoms with Crippen molar-refractivity contribution in [2.45, 2.75) is 12.7 Å². The van der Waals surface area contributed by atoms with Crippen LogP contribution in [0.2, 0.25) is 0 Å². The largest absolute Gasteiger partial charge is 0.497 e. The number of halogens is 3. The van der Waals surface area contributed by atoms with Gasteiger partial charge in [0.05, 0.1) is 24.7 Å². The summed E-state index contributed by atoms with van der Waals surface area (Å²) in [5.41, 5.74) is 1.68. The van der Waals surface area contributed by atoms with Crippen LogP contribution >= 0.6 is 0 Å². The molecule has 0 bridgehead atoms. The van der Waals surface area contributed by atoms with Gasteiger partial charge in [0, 0.05) is 11.3 Å². The molecule has 6 nitrogen and oxygen atoms in total. The van der Waals surface area contributed by atoms with Crippen molar-refractivity contribution in [3.63, 3.8) is 0 Å². The molecule has 0 saturated carbocycles. The standard InChI is InChI=1S/C22H17F3N4O2/c1-31-18-7-2-4-14(10-18)13-29-20-9-8-15(11-19(20)27-28-29)21(30)26-17-6-3-5-16(12-17)22(23,24)25/h2-12H,13H2,1H3,(H,26,30). The highest BCUT2D eigenvalue weighted by Crippen LogP contribution is 2.30. The molecule has 1 N–H and O–H groups in total. The third-order valence-corrected chi connectivity index (χ3v) is 4.69. The molecule has 0 radical (unpaired) electrons. The number of ether oxygens (including phenoxy) is 1. The number of alkyl halides is 3. The van der Waals surface area contributed by atoms with Crippen molar-refractivity contribution < 1.29 is 22.7 Å². The third-order valence-electron chi connectivity index (χ3n) is 4.69. The number of aromatic nitrogens is 3. The number of methoxy groups -OCH3 is 1. The molecule has 31 heavy (non-hydrogen) atoms. The van der Waals surface area contributed by atoms with Gasteiger partial charge in [-0.3, -0.25) is 4.79 Å². The fourth-order valence-corrected chi connectivity index (χ4v) is 3.15. The van der Waals surface area contributed by atoms with E-state index in [-0.39, 0.29) is 11.3 Å². The van der Waals surface area contributed by atoms with Crippen molar-refractivity contribution in [2.24, 2.45) is 0 Å². The van der Waals surface area contributed by atoms with Gasteiger partial charge in [-0.2, -0.15) is 13.2 Å². The van der Waals surface area contributed by atoms with Crippen molar-refractivity contribution >= 4 is 22.6 Å². The van der Waals surface area contributed by atoms with Crippen LogP contribution in [0.5, 0.6) is 5.75 Å². The van der Waals surface area contributed by atoms with Crippen molar-refractivity contribution in [3.05, 3.63) is 83.4 Å². The van der Waals surface area contributed by atoms with E-state index in [1.807, 2.05) is 24.3 Å². The van der Waals surface area contributed by atoms with E-state index in [9.17, 15) is 18.0 Å². The lowest BCUT2D eigenvalue weighted by Gasteiger charge is -2.10. The topological polar surface area (TPSA) is 69.0 Å². The van der Waals surface area contributed by atoms with Gasteiger partial charge in [-0.1, -0.05) is 23.4 Å². The summed E-state index contributed by atoms with van der Waals surface area (Å²) in [5.74, 6) is 0.194. The summed E-state index contributed by atoms with van der Waals surface area (Å²) in [6.07, 6.45) is -4.49. The SMILES string of the molecule is COc1cccc(Cn2nnc3cc(C(=O)Nc4cccc(C(F)(F)F)c4)ccc32)c1. The van der Waals surface area contributed by atoms with E-state index in [4.69, 9.17) is 4.74 Å². The van der Waals surface area contributed by atoms with Crippen LogP contribution in [0.4, 0.5) is 18.9 Å². The number of carbonyl (C=O) groups is 1. The normalized spacial score (nSPS) is 11.5. The van der Waals surface area contributed by atoms with Crippen molar-refractivity contribution in [1.82, 2.24) is 15.0 Å². The predicted molar refractivity (Wildman–Crippen MR) is 109 cm³/mol. The number of benzene rings is 3. The molecule has 9 heteroatoms. The highest BCUT2D eigenvalue weighted by atomic mass is 19.4. The first-order chi connectivity index (χ1) is 14.8. The summed E-state index contributed by atoms with van der Waals surface area (Å²) in [6.45, 7) is 0.462. The minimum atomic E-state index is -4.49. The van der Waals surface area contributed by atoms with Crippen LogP contribution in [0.1, 0.15) is 21.5 Å². The minimum Gasteiger partial charge on any atom is -0.497 e. The van der Waals surface area contributed by atoms with Gasteiger partial charge >= 0.3 is 6.18 Å². The van der Waals surface area contributed by atoms with Crippen LogP contribution in [0.3, 0.4) is 0 Å². The van der Waals surface area contributed by atoms with E-state index in [1.54, 1.807) is 30.0 Å². The lowest BCUT2D eigenvalue weighted by Crippen LogP contribution is -2.13. The van der Waals surface area contributed by atoms with Crippen LogP contribution < -0.4 is 10.1 Å². The number of carbonyl (C=O) groups excluding carboxylic acids is 1. The van der Waals surface area contributed by atoms with Crippen LogP contribution in [0, 0.1) is 0 Å². The molecule has 0 saturated heterocycles. The fourth-order valence-electron chi connectivity index (χ4n) is 3.15. The van der Waals surface area contributed by atoms with Crippen molar-refractivity contribution in [3.8, 4) is 5.75 Å². The van der Waals surface area contributed by atoms with Gasteiger partial charge in [-0.25, -0.2) is 4.68 Å². The quantitative estimate of drug-likeness (QED) is 0.500. The van der Waals surface area contributed by atoms with E-state index in [0.29, 0.717) is 12.1 Å². The van der Waals surface area contributed by atoms with E-state index >= 15 is 0 Å². The van der Waals surface area contributed by atoms with E-state index < -0.39 is 17.6 Å². The average molecular weight is 426 g/mol. The van der Waals surface area contributed by atoms with Crippen LogP contribution in [0.25, 0.3) is 11.0 Å². The lowest BCUT2D eigenvalue weighted by atomic mass is 10.1. The highest BCUT2D eigenvalue weighted by molar-refractivity contribution is 6.05. The molecule has 0 fully saturated rings. The summed E-state index contributed by atoms with van der Waals surface area (Å²) in [5, 5.41) is 10.7. The smallest absolute Gasteiger partial charge is 0.416 e. The Bertz CT molecular complexity index is 1250. The second-order valence-corrected chi connectivity index (χ2v) is 6.83. The Morgan fingerprint density at radius 3 is 2.65 bits per heavy atom. The first-order valence-electron chi connectivity index (χ1n) is 9.28. The second-order valence-electron chi connectivity index (χ2n) is 6.83. The van der Waals surface area contributed by atoms with Gasteiger partial charge in [0.1, 0.15) is 11.3 Å². The number of anilines is 1. The van der Waals surface area contributed by atoms with Gasteiger partial charge in [-0.15, -0.1) is 5.10 Å². The summed E-state index contributed by atoms with van der Waals surface area (Å²) in [4.78, 5) is 12.5. The molecule has 0 aliphatic heterocycles. The van der Waals surface area contributed by atoms with E-state index in [1.165, 1.54) is 12.1 Å². The Hall–Kier alpha value is -3.88. The first-order valence-corrected chi connectivity index (χ1v) is 9.28. The zero-order valence-corrected chi connectivity index (χ0v) is 16.3. The molecule has 1 heterocycles. The zero-order valence-electron chi connectivity index (χ0n) is 16.3. The maximum atomic E-state index is 12.9. The van der Waals surface area contributed by atoms with E-state index in [2.05, 4.69) is 15.6 Å². The third kappa shape index (κ3) is 4.50. The van der Waals surface area contributed by atoms with Crippen molar-refractivity contribution in [2.75, 3.05) is 12.4 Å². The zero-order chi connectivity index (χ0) is 22.0. The number of nitrogens with zero attached hydrogens (tertiary/aromatic N) is 3. The molecule has 4 aromatic rings. The molecule has 0 spiro atoms. The molecule has 0 aliphatic rings. The Morgan fingerprint density at radius 1 is 1.06 bits per heavy atom.